The van der Waals surface area contributed by atoms with Gasteiger partial charge in [0.15, 0.2) is 0 Å². The Morgan fingerprint density at radius 1 is 1.07 bits per heavy atom. The third kappa shape index (κ3) is 4.91. The second-order valence-corrected chi connectivity index (χ2v) is 2.98. The number of hydrogen-bond donors (Lipinski definition) is 7. The minimum absolute atomic E-state index is 0.494. The van der Waals surface area contributed by atoms with Crippen molar-refractivity contribution in [2.75, 3.05) is 13.2 Å². The summed E-state index contributed by atoms with van der Waals surface area (Å²) in [5.41, 5.74) is 0. The van der Waals surface area contributed by atoms with E-state index in [0.717, 1.165) is 0 Å². The number of aliphatic hydroxyl groups is 5. The predicted octanol–water partition coefficient (Wildman–Crippen LogP) is -3.31. The summed E-state index contributed by atoms with van der Waals surface area (Å²) in [7, 11) is 0. The van der Waals surface area contributed by atoms with Crippen molar-refractivity contribution in [3.05, 3.63) is 0 Å². The fourth-order valence-electron chi connectivity index (χ4n) is 0.876. The third-order valence-corrected chi connectivity index (χ3v) is 1.79. The van der Waals surface area contributed by atoms with Crippen LogP contribution in [0.15, 0.2) is 0 Å². The maximum absolute atomic E-state index is 10.0. The second-order valence-electron chi connectivity index (χ2n) is 2.98. The maximum atomic E-state index is 10.0. The summed E-state index contributed by atoms with van der Waals surface area (Å²) in [6.07, 6.45) is -8.06. The molecule has 0 aliphatic rings. The number of hydrogen-bond acceptors (Lipinski definition) is 6. The monoisotopic (exact) mass is 225 g/mol. The first-order valence-electron chi connectivity index (χ1n) is 4.20. The van der Waals surface area contributed by atoms with E-state index in [4.69, 9.17) is 25.5 Å². The van der Waals surface area contributed by atoms with E-state index in [2.05, 4.69) is 0 Å². The van der Waals surface area contributed by atoms with E-state index >= 15 is 0 Å². The Morgan fingerprint density at radius 3 is 1.93 bits per heavy atom. The van der Waals surface area contributed by atoms with Crippen molar-refractivity contribution < 1.29 is 35.4 Å². The van der Waals surface area contributed by atoms with Gasteiger partial charge in [-0.2, -0.15) is 0 Å². The summed E-state index contributed by atoms with van der Waals surface area (Å²) < 4.78 is 0. The molecule has 8 heteroatoms. The van der Waals surface area contributed by atoms with Gasteiger partial charge in [-0.25, -0.2) is 4.79 Å². The van der Waals surface area contributed by atoms with Crippen molar-refractivity contribution in [2.24, 2.45) is 0 Å². The van der Waals surface area contributed by atoms with Gasteiger partial charge in [-0.1, -0.05) is 0 Å². The molecule has 0 fully saturated rings. The van der Waals surface area contributed by atoms with Crippen LogP contribution in [-0.2, 0) is 0 Å². The van der Waals surface area contributed by atoms with E-state index < -0.39 is 43.7 Å². The minimum atomic E-state index is -1.75. The zero-order chi connectivity index (χ0) is 12.0. The van der Waals surface area contributed by atoms with Gasteiger partial charge in [0.25, 0.3) is 0 Å². The van der Waals surface area contributed by atoms with Crippen LogP contribution in [0.5, 0.6) is 0 Å². The van der Waals surface area contributed by atoms with E-state index in [1.54, 1.807) is 5.32 Å². The first-order valence-corrected chi connectivity index (χ1v) is 4.20. The molecule has 0 radical (unpaired) electrons. The summed E-state index contributed by atoms with van der Waals surface area (Å²) in [6, 6.07) is 0. The van der Waals surface area contributed by atoms with E-state index in [1.807, 2.05) is 0 Å². The number of rotatable bonds is 6. The fraction of sp³-hybridized carbons (Fsp3) is 0.857. The van der Waals surface area contributed by atoms with E-state index in [-0.39, 0.29) is 0 Å². The molecular formula is C7H15NO7. The van der Waals surface area contributed by atoms with Gasteiger partial charge in [-0.05, 0) is 0 Å². The van der Waals surface area contributed by atoms with Crippen molar-refractivity contribution in [2.45, 2.75) is 24.4 Å². The van der Waals surface area contributed by atoms with Gasteiger partial charge in [0.1, 0.15) is 18.3 Å². The lowest BCUT2D eigenvalue weighted by molar-refractivity contribution is -0.113. The lowest BCUT2D eigenvalue weighted by Crippen LogP contribution is -2.49. The summed E-state index contributed by atoms with van der Waals surface area (Å²) in [5.74, 6) is 0. The molecule has 0 rings (SSSR count). The Bertz CT molecular complexity index is 200. The highest BCUT2D eigenvalue weighted by Crippen LogP contribution is 2.04. The Kier molecular flexibility index (Phi) is 6.13. The molecule has 1 amide bonds. The van der Waals surface area contributed by atoms with Gasteiger partial charge < -0.3 is 36.0 Å². The fourth-order valence-corrected chi connectivity index (χ4v) is 0.876. The normalized spacial score (nSPS) is 19.0. The van der Waals surface area contributed by atoms with Gasteiger partial charge >= 0.3 is 6.09 Å². The average Bonchev–Trinajstić information content (AvgIpc) is 2.22. The van der Waals surface area contributed by atoms with Gasteiger partial charge in [0.2, 0.25) is 0 Å². The highest BCUT2D eigenvalue weighted by Gasteiger charge is 2.29. The average molecular weight is 225 g/mol. The number of nitrogens with one attached hydrogen (secondary N) is 1. The molecule has 0 aliphatic heterocycles. The van der Waals surface area contributed by atoms with Crippen LogP contribution in [0.4, 0.5) is 4.79 Å². The summed E-state index contributed by atoms with van der Waals surface area (Å²) in [6.45, 7) is -1.27. The molecule has 90 valence electrons. The lowest BCUT2D eigenvalue weighted by Gasteiger charge is -2.25. The standard InChI is InChI=1S/C7H15NO7/c9-2-4(11)6(13)5(12)3(10)1-8-7(14)15/h3-6,8-13H,1-2H2,(H,14,15)/t3-,4+,5+,6+/m0/s1. The zero-order valence-corrected chi connectivity index (χ0v) is 7.82. The SMILES string of the molecule is O=C(O)NC[C@H](O)[C@@H](O)[C@H](O)[C@H](O)CO. The third-order valence-electron chi connectivity index (χ3n) is 1.79. The van der Waals surface area contributed by atoms with Crippen molar-refractivity contribution in [1.29, 1.82) is 0 Å². The molecule has 0 spiro atoms. The van der Waals surface area contributed by atoms with E-state index in [9.17, 15) is 9.90 Å². The Hall–Kier alpha value is -0.930. The number of aliphatic hydroxyl groups excluding tert-OH is 5. The molecule has 0 unspecified atom stereocenters. The number of amides is 1. The van der Waals surface area contributed by atoms with Crippen molar-refractivity contribution in [1.82, 2.24) is 5.32 Å². The van der Waals surface area contributed by atoms with Gasteiger partial charge in [-0.3, -0.25) is 0 Å². The summed E-state index contributed by atoms with van der Waals surface area (Å²) in [5, 5.41) is 54.8. The van der Waals surface area contributed by atoms with Gasteiger partial charge in [0, 0.05) is 6.54 Å². The Morgan fingerprint density at radius 2 is 1.53 bits per heavy atom. The van der Waals surface area contributed by atoms with Crippen LogP contribution in [0.25, 0.3) is 0 Å². The van der Waals surface area contributed by atoms with Crippen LogP contribution in [-0.4, -0.2) is 74.3 Å². The smallest absolute Gasteiger partial charge is 0.404 e. The highest BCUT2D eigenvalue weighted by atomic mass is 16.4. The minimum Gasteiger partial charge on any atom is -0.465 e. The van der Waals surface area contributed by atoms with E-state index in [1.165, 1.54) is 0 Å². The number of carboxylic acid groups (broad SMARTS) is 1. The highest BCUT2D eigenvalue weighted by molar-refractivity contribution is 5.64. The largest absolute Gasteiger partial charge is 0.465 e. The van der Waals surface area contributed by atoms with Crippen LogP contribution in [0, 0.1) is 0 Å². The van der Waals surface area contributed by atoms with Crippen molar-refractivity contribution in [3.63, 3.8) is 0 Å². The number of carbonyl (C=O) groups is 1. The van der Waals surface area contributed by atoms with Crippen LogP contribution in [0.2, 0.25) is 0 Å². The predicted molar refractivity (Wildman–Crippen MR) is 47.1 cm³/mol. The maximum Gasteiger partial charge on any atom is 0.404 e. The molecule has 0 saturated carbocycles. The molecule has 15 heavy (non-hydrogen) atoms. The van der Waals surface area contributed by atoms with Crippen molar-refractivity contribution in [3.8, 4) is 0 Å². The molecule has 0 bridgehead atoms. The van der Waals surface area contributed by atoms with Crippen LogP contribution in [0.1, 0.15) is 0 Å². The molecule has 0 saturated heterocycles. The first kappa shape index (κ1) is 14.1. The topological polar surface area (TPSA) is 150 Å². The van der Waals surface area contributed by atoms with Crippen LogP contribution in [0.3, 0.4) is 0 Å². The summed E-state index contributed by atoms with van der Waals surface area (Å²) in [4.78, 5) is 10.0. The van der Waals surface area contributed by atoms with E-state index in [0.29, 0.717) is 0 Å². The Labute approximate surface area is 85.4 Å². The second kappa shape index (κ2) is 6.53. The quantitative estimate of drug-likeness (QED) is 0.250. The summed E-state index contributed by atoms with van der Waals surface area (Å²) >= 11 is 0. The Balaban J connectivity index is 4.06. The molecule has 7 N–H and O–H groups in total. The van der Waals surface area contributed by atoms with Crippen LogP contribution >= 0.6 is 0 Å². The lowest BCUT2D eigenvalue weighted by atomic mass is 10.0. The first-order chi connectivity index (χ1) is 6.90. The molecule has 4 atom stereocenters. The molecule has 8 nitrogen and oxygen atoms in total. The molecule has 0 aromatic heterocycles. The molecule has 0 aliphatic carbocycles. The van der Waals surface area contributed by atoms with Gasteiger partial charge in [0.05, 0.1) is 12.7 Å². The molecular weight excluding hydrogens is 210 g/mol. The molecule has 0 aromatic carbocycles. The van der Waals surface area contributed by atoms with Gasteiger partial charge in [-0.15, -0.1) is 0 Å². The zero-order valence-electron chi connectivity index (χ0n) is 7.82. The molecule has 0 heterocycles. The van der Waals surface area contributed by atoms with Crippen molar-refractivity contribution >= 4 is 6.09 Å². The molecule has 0 aromatic rings. The van der Waals surface area contributed by atoms with Crippen LogP contribution < -0.4 is 5.32 Å².